The van der Waals surface area contributed by atoms with Gasteiger partial charge in [0.1, 0.15) is 17.0 Å². The minimum Gasteiger partial charge on any atom is -0.505 e. The number of amides is 1. The molecule has 2 N–H and O–H groups in total. The van der Waals surface area contributed by atoms with E-state index in [1.165, 1.54) is 14.2 Å². The van der Waals surface area contributed by atoms with Crippen molar-refractivity contribution in [2.45, 2.75) is 6.04 Å². The van der Waals surface area contributed by atoms with E-state index in [9.17, 15) is 9.90 Å². The third kappa shape index (κ3) is 4.43. The molecule has 174 valence electrons. The maximum Gasteiger partial charge on any atom is 0.252 e. The highest BCUT2D eigenvalue weighted by Crippen LogP contribution is 2.40. The summed E-state index contributed by atoms with van der Waals surface area (Å²) in [6.07, 6.45) is 1.57. The highest BCUT2D eigenvalue weighted by atomic mass is 35.5. The van der Waals surface area contributed by atoms with Gasteiger partial charge < -0.3 is 24.6 Å². The number of halogens is 1. The van der Waals surface area contributed by atoms with Crippen LogP contribution in [0.2, 0.25) is 5.02 Å². The van der Waals surface area contributed by atoms with Gasteiger partial charge in [0.05, 0.1) is 32.4 Å². The van der Waals surface area contributed by atoms with Gasteiger partial charge in [-0.2, -0.15) is 0 Å². The predicted octanol–water partition coefficient (Wildman–Crippen LogP) is 5.14. The van der Waals surface area contributed by atoms with Gasteiger partial charge >= 0.3 is 0 Å². The molecule has 0 aliphatic carbocycles. The molecule has 0 radical (unpaired) electrons. The molecule has 1 amide bonds. The van der Waals surface area contributed by atoms with Crippen LogP contribution in [-0.4, -0.2) is 37.3 Å². The number of phenolic OH excluding ortho intramolecular Hbond substituents is 1. The number of benzene rings is 3. The van der Waals surface area contributed by atoms with Crippen LogP contribution in [0.4, 0.5) is 0 Å². The van der Waals surface area contributed by atoms with Crippen molar-refractivity contribution in [2.75, 3.05) is 21.3 Å². The molecule has 0 fully saturated rings. The van der Waals surface area contributed by atoms with Crippen LogP contribution in [0, 0.1) is 0 Å². The Morgan fingerprint density at radius 2 is 1.76 bits per heavy atom. The Morgan fingerprint density at radius 1 is 0.971 bits per heavy atom. The van der Waals surface area contributed by atoms with Gasteiger partial charge in [-0.25, -0.2) is 0 Å². The van der Waals surface area contributed by atoms with Crippen LogP contribution >= 0.6 is 11.6 Å². The number of pyridine rings is 1. The molecule has 0 saturated carbocycles. The Labute approximate surface area is 201 Å². The van der Waals surface area contributed by atoms with Gasteiger partial charge in [0.25, 0.3) is 5.91 Å². The topological polar surface area (TPSA) is 89.9 Å². The first kappa shape index (κ1) is 23.2. The maximum absolute atomic E-state index is 13.3. The van der Waals surface area contributed by atoms with Crippen molar-refractivity contribution in [3.05, 3.63) is 88.6 Å². The second-order valence-corrected chi connectivity index (χ2v) is 7.86. The van der Waals surface area contributed by atoms with E-state index < -0.39 is 6.04 Å². The van der Waals surface area contributed by atoms with Gasteiger partial charge in [-0.05, 0) is 54.1 Å². The number of fused-ring (bicyclic) bond motifs is 1. The average Bonchev–Trinajstić information content (AvgIpc) is 2.89. The molecule has 3 aromatic carbocycles. The lowest BCUT2D eigenvalue weighted by Crippen LogP contribution is -2.29. The second kappa shape index (κ2) is 9.89. The molecule has 0 bridgehead atoms. The Morgan fingerprint density at radius 3 is 2.50 bits per heavy atom. The zero-order chi connectivity index (χ0) is 24.2. The number of aromatic nitrogens is 1. The van der Waals surface area contributed by atoms with Crippen molar-refractivity contribution in [3.63, 3.8) is 0 Å². The van der Waals surface area contributed by atoms with Gasteiger partial charge in [-0.15, -0.1) is 0 Å². The second-order valence-electron chi connectivity index (χ2n) is 7.45. The van der Waals surface area contributed by atoms with Gasteiger partial charge in [0, 0.05) is 22.7 Å². The number of rotatable bonds is 7. The van der Waals surface area contributed by atoms with E-state index in [-0.39, 0.29) is 11.7 Å². The fourth-order valence-corrected chi connectivity index (χ4v) is 4.05. The number of phenols is 1. The zero-order valence-corrected chi connectivity index (χ0v) is 19.6. The first-order valence-corrected chi connectivity index (χ1v) is 10.8. The summed E-state index contributed by atoms with van der Waals surface area (Å²) < 4.78 is 16.0. The van der Waals surface area contributed by atoms with Crippen LogP contribution in [0.3, 0.4) is 0 Å². The lowest BCUT2D eigenvalue weighted by molar-refractivity contribution is 0.0942. The third-order valence-corrected chi connectivity index (χ3v) is 5.82. The number of carbonyl (C=O) groups is 1. The van der Waals surface area contributed by atoms with Crippen LogP contribution in [-0.2, 0) is 0 Å². The predicted molar refractivity (Wildman–Crippen MR) is 130 cm³/mol. The molecule has 0 aliphatic rings. The summed E-state index contributed by atoms with van der Waals surface area (Å²) in [6, 6.07) is 16.4. The molecule has 0 aliphatic heterocycles. The van der Waals surface area contributed by atoms with Crippen molar-refractivity contribution in [3.8, 4) is 23.0 Å². The molecule has 1 heterocycles. The molecule has 8 heteroatoms. The quantitative estimate of drug-likeness (QED) is 0.382. The van der Waals surface area contributed by atoms with Gasteiger partial charge in [-0.3, -0.25) is 9.78 Å². The van der Waals surface area contributed by atoms with Crippen LogP contribution in [0.15, 0.2) is 66.9 Å². The van der Waals surface area contributed by atoms with Gasteiger partial charge in [0.15, 0.2) is 11.5 Å². The van der Waals surface area contributed by atoms with Crippen molar-refractivity contribution >= 4 is 28.4 Å². The van der Waals surface area contributed by atoms with Crippen LogP contribution in [0.5, 0.6) is 23.0 Å². The molecule has 0 spiro atoms. The van der Waals surface area contributed by atoms with E-state index in [1.807, 2.05) is 0 Å². The molecule has 1 aromatic heterocycles. The number of ether oxygens (including phenoxy) is 3. The van der Waals surface area contributed by atoms with Crippen LogP contribution in [0.1, 0.15) is 27.5 Å². The fraction of sp³-hybridized carbons (Fsp3) is 0.154. The minimum atomic E-state index is -0.776. The van der Waals surface area contributed by atoms with E-state index in [1.54, 1.807) is 74.0 Å². The zero-order valence-electron chi connectivity index (χ0n) is 18.8. The van der Waals surface area contributed by atoms with E-state index >= 15 is 0 Å². The summed E-state index contributed by atoms with van der Waals surface area (Å²) in [5.41, 5.74) is 1.77. The maximum atomic E-state index is 13.3. The third-order valence-electron chi connectivity index (χ3n) is 5.50. The highest BCUT2D eigenvalue weighted by molar-refractivity contribution is 6.35. The molecular weight excluding hydrogens is 456 g/mol. The van der Waals surface area contributed by atoms with Crippen LogP contribution < -0.4 is 19.5 Å². The molecule has 34 heavy (non-hydrogen) atoms. The van der Waals surface area contributed by atoms with Crippen molar-refractivity contribution < 1.29 is 24.1 Å². The summed E-state index contributed by atoms with van der Waals surface area (Å²) in [4.78, 5) is 17.5. The van der Waals surface area contributed by atoms with Crippen molar-refractivity contribution in [2.24, 2.45) is 0 Å². The highest BCUT2D eigenvalue weighted by Gasteiger charge is 2.25. The Hall–Kier alpha value is -3.97. The molecule has 4 rings (SSSR count). The largest absolute Gasteiger partial charge is 0.505 e. The number of aromatic hydroxyl groups is 1. The normalized spacial score (nSPS) is 11.6. The fourth-order valence-electron chi connectivity index (χ4n) is 3.78. The summed E-state index contributed by atoms with van der Waals surface area (Å²) in [7, 11) is 4.60. The van der Waals surface area contributed by atoms with Crippen molar-refractivity contribution in [1.82, 2.24) is 10.3 Å². The summed E-state index contributed by atoms with van der Waals surface area (Å²) in [5.74, 6) is 1.12. The van der Waals surface area contributed by atoms with E-state index in [0.29, 0.717) is 49.9 Å². The SMILES string of the molecule is COc1cccc(C(=O)N[C@@H](c2ccc(OC)c(OC)c2)c2cc(Cl)c3cccnc3c2O)c1. The number of nitrogens with zero attached hydrogens (tertiary/aromatic N) is 1. The smallest absolute Gasteiger partial charge is 0.252 e. The molecule has 0 saturated heterocycles. The molecule has 7 nitrogen and oxygen atoms in total. The number of carbonyl (C=O) groups excluding carboxylic acids is 1. The van der Waals surface area contributed by atoms with E-state index in [4.69, 9.17) is 25.8 Å². The number of methoxy groups -OCH3 is 3. The number of nitrogens with one attached hydrogen (secondary N) is 1. The number of hydrogen-bond acceptors (Lipinski definition) is 6. The lowest BCUT2D eigenvalue weighted by Gasteiger charge is -2.23. The van der Waals surface area contributed by atoms with Crippen molar-refractivity contribution in [1.29, 1.82) is 0 Å². The van der Waals surface area contributed by atoms with Gasteiger partial charge in [0.2, 0.25) is 0 Å². The monoisotopic (exact) mass is 478 g/mol. The number of hydrogen-bond donors (Lipinski definition) is 2. The standard InChI is InChI=1S/C26H23ClN2O5/c1-32-17-7-4-6-16(12-17)26(31)29-23(15-9-10-21(33-2)22(13-15)34-3)19-14-20(27)18-8-5-11-28-24(18)25(19)30/h4-14,23,30H,1-3H3,(H,29,31)/t23-/m0/s1. The lowest BCUT2D eigenvalue weighted by atomic mass is 9.95. The molecular formula is C26H23ClN2O5. The first-order chi connectivity index (χ1) is 16.5. The molecule has 4 aromatic rings. The van der Waals surface area contributed by atoms with E-state index in [0.717, 1.165) is 0 Å². The van der Waals surface area contributed by atoms with Crippen LogP contribution in [0.25, 0.3) is 10.9 Å². The average molecular weight is 479 g/mol. The summed E-state index contributed by atoms with van der Waals surface area (Å²) in [5, 5.41) is 15.2. The molecule has 0 unspecified atom stereocenters. The first-order valence-electron chi connectivity index (χ1n) is 10.4. The Bertz CT molecular complexity index is 1360. The van der Waals surface area contributed by atoms with Gasteiger partial charge in [-0.1, -0.05) is 23.7 Å². The van der Waals surface area contributed by atoms with E-state index in [2.05, 4.69) is 10.3 Å². The Kier molecular flexibility index (Phi) is 6.75. The minimum absolute atomic E-state index is 0.0780. The molecule has 1 atom stereocenters. The summed E-state index contributed by atoms with van der Waals surface area (Å²) in [6.45, 7) is 0. The summed E-state index contributed by atoms with van der Waals surface area (Å²) >= 11 is 6.54. The Balaban J connectivity index is 1.86.